The number of imide groups is 1. The SMILES string of the molecule is CNC(=O)NC(=O)CNc1ccc(C)cc1C. The molecular formula is C12H17N3O2. The van der Waals surface area contributed by atoms with Crippen LogP contribution in [0.5, 0.6) is 0 Å². The zero-order chi connectivity index (χ0) is 12.8. The van der Waals surface area contributed by atoms with Crippen molar-refractivity contribution in [3.8, 4) is 0 Å². The maximum absolute atomic E-state index is 11.3. The molecule has 0 radical (unpaired) electrons. The fourth-order valence-electron chi connectivity index (χ4n) is 1.42. The lowest BCUT2D eigenvalue weighted by molar-refractivity contribution is -0.118. The Balaban J connectivity index is 2.50. The molecule has 1 aromatic rings. The second kappa shape index (κ2) is 5.89. The van der Waals surface area contributed by atoms with E-state index in [4.69, 9.17) is 0 Å². The van der Waals surface area contributed by atoms with Crippen LogP contribution in [0.2, 0.25) is 0 Å². The molecule has 17 heavy (non-hydrogen) atoms. The van der Waals surface area contributed by atoms with Crippen LogP contribution in [-0.4, -0.2) is 25.5 Å². The van der Waals surface area contributed by atoms with E-state index >= 15 is 0 Å². The third-order valence-electron chi connectivity index (χ3n) is 2.30. The van der Waals surface area contributed by atoms with Gasteiger partial charge < -0.3 is 10.6 Å². The van der Waals surface area contributed by atoms with E-state index in [9.17, 15) is 9.59 Å². The van der Waals surface area contributed by atoms with E-state index in [1.807, 2.05) is 32.0 Å². The molecule has 0 bridgehead atoms. The van der Waals surface area contributed by atoms with Crippen molar-refractivity contribution >= 4 is 17.6 Å². The maximum atomic E-state index is 11.3. The molecule has 3 N–H and O–H groups in total. The molecule has 1 aromatic carbocycles. The minimum atomic E-state index is -0.502. The van der Waals surface area contributed by atoms with E-state index in [0.717, 1.165) is 11.3 Å². The largest absolute Gasteiger partial charge is 0.376 e. The van der Waals surface area contributed by atoms with Crippen molar-refractivity contribution in [2.75, 3.05) is 18.9 Å². The van der Waals surface area contributed by atoms with Gasteiger partial charge in [0, 0.05) is 12.7 Å². The predicted molar refractivity (Wildman–Crippen MR) is 67.0 cm³/mol. The van der Waals surface area contributed by atoms with Crippen LogP contribution < -0.4 is 16.0 Å². The van der Waals surface area contributed by atoms with E-state index in [-0.39, 0.29) is 12.5 Å². The smallest absolute Gasteiger partial charge is 0.321 e. The predicted octanol–water partition coefficient (Wildman–Crippen LogP) is 1.17. The highest BCUT2D eigenvalue weighted by Gasteiger charge is 2.06. The van der Waals surface area contributed by atoms with Gasteiger partial charge in [-0.1, -0.05) is 17.7 Å². The lowest BCUT2D eigenvalue weighted by Crippen LogP contribution is -2.40. The van der Waals surface area contributed by atoms with Gasteiger partial charge in [0.05, 0.1) is 6.54 Å². The van der Waals surface area contributed by atoms with E-state index in [2.05, 4.69) is 16.0 Å². The zero-order valence-corrected chi connectivity index (χ0v) is 10.3. The van der Waals surface area contributed by atoms with Gasteiger partial charge in [-0.25, -0.2) is 4.79 Å². The first-order valence-corrected chi connectivity index (χ1v) is 5.35. The Morgan fingerprint density at radius 2 is 1.94 bits per heavy atom. The first-order chi connectivity index (χ1) is 8.02. The summed E-state index contributed by atoms with van der Waals surface area (Å²) in [6.07, 6.45) is 0. The average molecular weight is 235 g/mol. The molecule has 0 spiro atoms. The number of aryl methyl sites for hydroxylation is 2. The molecule has 0 aromatic heterocycles. The molecule has 0 atom stereocenters. The Hall–Kier alpha value is -2.04. The number of hydrogen-bond donors (Lipinski definition) is 3. The van der Waals surface area contributed by atoms with Crippen molar-refractivity contribution in [1.29, 1.82) is 0 Å². The van der Waals surface area contributed by atoms with Gasteiger partial charge in [0.15, 0.2) is 0 Å². The summed E-state index contributed by atoms with van der Waals surface area (Å²) in [5.74, 6) is -0.371. The molecule has 0 saturated heterocycles. The van der Waals surface area contributed by atoms with E-state index < -0.39 is 6.03 Å². The molecular weight excluding hydrogens is 218 g/mol. The standard InChI is InChI=1S/C12H17N3O2/c1-8-4-5-10(9(2)6-8)14-7-11(16)15-12(17)13-3/h4-6,14H,7H2,1-3H3,(H2,13,15,16,17). The van der Waals surface area contributed by atoms with E-state index in [1.165, 1.54) is 12.6 Å². The summed E-state index contributed by atoms with van der Waals surface area (Å²) in [7, 11) is 1.46. The van der Waals surface area contributed by atoms with Crippen LogP contribution >= 0.6 is 0 Å². The summed E-state index contributed by atoms with van der Waals surface area (Å²) in [4.78, 5) is 22.2. The Bertz CT molecular complexity index is 430. The minimum Gasteiger partial charge on any atom is -0.376 e. The molecule has 3 amide bonds. The van der Waals surface area contributed by atoms with Gasteiger partial charge in [0.2, 0.25) is 5.91 Å². The van der Waals surface area contributed by atoms with Crippen LogP contribution in [0.4, 0.5) is 10.5 Å². The first kappa shape index (κ1) is 13.0. The molecule has 0 saturated carbocycles. The number of rotatable bonds is 3. The molecule has 5 nitrogen and oxygen atoms in total. The van der Waals surface area contributed by atoms with E-state index in [1.54, 1.807) is 0 Å². The second-order valence-electron chi connectivity index (χ2n) is 3.80. The molecule has 0 aliphatic rings. The van der Waals surface area contributed by atoms with E-state index in [0.29, 0.717) is 0 Å². The van der Waals surface area contributed by atoms with Crippen LogP contribution in [0, 0.1) is 13.8 Å². The highest BCUT2D eigenvalue weighted by molar-refractivity contribution is 5.96. The Morgan fingerprint density at radius 3 is 2.53 bits per heavy atom. The lowest BCUT2D eigenvalue weighted by Gasteiger charge is -2.09. The maximum Gasteiger partial charge on any atom is 0.321 e. The van der Waals surface area contributed by atoms with Gasteiger partial charge in [-0.2, -0.15) is 0 Å². The minimum absolute atomic E-state index is 0.0668. The number of hydrogen-bond acceptors (Lipinski definition) is 3. The topological polar surface area (TPSA) is 70.2 Å². The summed E-state index contributed by atoms with van der Waals surface area (Å²) in [6.45, 7) is 4.04. The molecule has 0 aliphatic carbocycles. The molecule has 0 unspecified atom stereocenters. The molecule has 0 heterocycles. The van der Waals surface area contributed by atoms with Crippen molar-refractivity contribution < 1.29 is 9.59 Å². The fraction of sp³-hybridized carbons (Fsp3) is 0.333. The molecule has 0 aliphatic heterocycles. The first-order valence-electron chi connectivity index (χ1n) is 5.35. The Morgan fingerprint density at radius 1 is 1.24 bits per heavy atom. The fourth-order valence-corrected chi connectivity index (χ4v) is 1.42. The third-order valence-corrected chi connectivity index (χ3v) is 2.30. The van der Waals surface area contributed by atoms with Crippen molar-refractivity contribution in [3.63, 3.8) is 0 Å². The van der Waals surface area contributed by atoms with Gasteiger partial charge in [-0.05, 0) is 25.5 Å². The van der Waals surface area contributed by atoms with Crippen LogP contribution in [0.3, 0.4) is 0 Å². The van der Waals surface area contributed by atoms with Gasteiger partial charge in [0.1, 0.15) is 0 Å². The van der Waals surface area contributed by atoms with Crippen LogP contribution in [0.25, 0.3) is 0 Å². The van der Waals surface area contributed by atoms with Gasteiger partial charge in [-0.15, -0.1) is 0 Å². The number of benzene rings is 1. The van der Waals surface area contributed by atoms with Gasteiger partial charge >= 0.3 is 6.03 Å². The van der Waals surface area contributed by atoms with Crippen molar-refractivity contribution in [2.24, 2.45) is 0 Å². The van der Waals surface area contributed by atoms with Crippen LogP contribution in [-0.2, 0) is 4.79 Å². The molecule has 92 valence electrons. The van der Waals surface area contributed by atoms with Crippen molar-refractivity contribution in [1.82, 2.24) is 10.6 Å². The summed E-state index contributed by atoms with van der Waals surface area (Å²) in [5.41, 5.74) is 3.13. The quantitative estimate of drug-likeness (QED) is 0.736. The summed E-state index contributed by atoms with van der Waals surface area (Å²) < 4.78 is 0. The highest BCUT2D eigenvalue weighted by Crippen LogP contribution is 2.15. The number of urea groups is 1. The number of nitrogens with one attached hydrogen (secondary N) is 3. The Labute approximate surface area is 101 Å². The van der Waals surface area contributed by atoms with Crippen LogP contribution in [0.1, 0.15) is 11.1 Å². The van der Waals surface area contributed by atoms with Crippen molar-refractivity contribution in [3.05, 3.63) is 29.3 Å². The molecule has 5 heteroatoms. The second-order valence-corrected chi connectivity index (χ2v) is 3.80. The normalized spacial score (nSPS) is 9.59. The van der Waals surface area contributed by atoms with Crippen molar-refractivity contribution in [2.45, 2.75) is 13.8 Å². The van der Waals surface area contributed by atoms with Crippen LogP contribution in [0.15, 0.2) is 18.2 Å². The highest BCUT2D eigenvalue weighted by atomic mass is 16.2. The number of anilines is 1. The molecule has 1 rings (SSSR count). The summed E-state index contributed by atoms with van der Waals surface area (Å²) >= 11 is 0. The zero-order valence-electron chi connectivity index (χ0n) is 10.3. The summed E-state index contributed by atoms with van der Waals surface area (Å²) in [5, 5.41) is 7.47. The average Bonchev–Trinajstić information content (AvgIpc) is 2.27. The monoisotopic (exact) mass is 235 g/mol. The van der Waals surface area contributed by atoms with Gasteiger partial charge in [0.25, 0.3) is 0 Å². The lowest BCUT2D eigenvalue weighted by atomic mass is 10.1. The summed E-state index contributed by atoms with van der Waals surface area (Å²) in [6, 6.07) is 5.40. The third kappa shape index (κ3) is 4.14. The molecule has 0 fully saturated rings. The number of amides is 3. The van der Waals surface area contributed by atoms with Gasteiger partial charge in [-0.3, -0.25) is 10.1 Å². The number of carbonyl (C=O) groups is 2. The Kier molecular flexibility index (Phi) is 4.51. The number of carbonyl (C=O) groups excluding carboxylic acids is 2.